The molecule has 0 amide bonds. The van der Waals surface area contributed by atoms with Gasteiger partial charge >= 0.3 is 0 Å². The summed E-state index contributed by atoms with van der Waals surface area (Å²) in [6.07, 6.45) is 0. The summed E-state index contributed by atoms with van der Waals surface area (Å²) in [7, 11) is 5.62. The van der Waals surface area contributed by atoms with Crippen LogP contribution < -0.4 is 10.1 Å². The molecule has 2 rings (SSSR count). The van der Waals surface area contributed by atoms with Crippen molar-refractivity contribution < 1.29 is 4.74 Å². The Morgan fingerprint density at radius 2 is 2.05 bits per heavy atom. The van der Waals surface area contributed by atoms with Gasteiger partial charge < -0.3 is 14.6 Å². The molecule has 0 saturated carbocycles. The third kappa shape index (κ3) is 2.60. The molecule has 0 atom stereocenters. The van der Waals surface area contributed by atoms with Crippen LogP contribution in [0.3, 0.4) is 0 Å². The van der Waals surface area contributed by atoms with Crippen molar-refractivity contribution >= 4 is 15.9 Å². The molecule has 1 heterocycles. The van der Waals surface area contributed by atoms with Crippen LogP contribution in [0.25, 0.3) is 11.3 Å². The Morgan fingerprint density at radius 3 is 2.65 bits per heavy atom. The van der Waals surface area contributed by atoms with Crippen molar-refractivity contribution in [2.45, 2.75) is 20.4 Å². The van der Waals surface area contributed by atoms with E-state index in [1.165, 1.54) is 5.56 Å². The number of nitrogens with one attached hydrogen (secondary N) is 1. The zero-order valence-electron chi connectivity index (χ0n) is 12.5. The summed E-state index contributed by atoms with van der Waals surface area (Å²) in [4.78, 5) is 4.73. The van der Waals surface area contributed by atoms with E-state index in [1.54, 1.807) is 7.11 Å². The van der Waals surface area contributed by atoms with Gasteiger partial charge in [-0.3, -0.25) is 0 Å². The molecule has 20 heavy (non-hydrogen) atoms. The molecule has 1 aromatic carbocycles. The van der Waals surface area contributed by atoms with Crippen LogP contribution in [0, 0.1) is 13.8 Å². The molecule has 0 bridgehead atoms. The van der Waals surface area contributed by atoms with E-state index >= 15 is 0 Å². The first-order valence-corrected chi connectivity index (χ1v) is 7.30. The molecule has 4 nitrogen and oxygen atoms in total. The number of aryl methyl sites for hydroxylation is 2. The molecule has 1 aromatic heterocycles. The van der Waals surface area contributed by atoms with Crippen LogP contribution in [-0.2, 0) is 13.6 Å². The number of benzene rings is 1. The third-order valence-electron chi connectivity index (χ3n) is 3.33. The second-order valence-electron chi connectivity index (χ2n) is 4.92. The fourth-order valence-electron chi connectivity index (χ4n) is 2.41. The second kappa shape index (κ2) is 5.97. The zero-order chi connectivity index (χ0) is 14.9. The van der Waals surface area contributed by atoms with Gasteiger partial charge in [0.15, 0.2) is 0 Å². The minimum absolute atomic E-state index is 0.724. The average Bonchev–Trinajstić information content (AvgIpc) is 2.67. The van der Waals surface area contributed by atoms with Crippen LogP contribution in [0.1, 0.15) is 17.0 Å². The molecule has 0 aliphatic carbocycles. The highest BCUT2D eigenvalue weighted by Crippen LogP contribution is 2.37. The first kappa shape index (κ1) is 15.1. The molecule has 0 spiro atoms. The Kier molecular flexibility index (Phi) is 4.50. The second-order valence-corrected chi connectivity index (χ2v) is 5.67. The van der Waals surface area contributed by atoms with Gasteiger partial charge in [-0.2, -0.15) is 0 Å². The van der Waals surface area contributed by atoms with Gasteiger partial charge in [-0.1, -0.05) is 6.07 Å². The topological polar surface area (TPSA) is 39.1 Å². The van der Waals surface area contributed by atoms with Gasteiger partial charge in [0, 0.05) is 12.6 Å². The normalized spacial score (nSPS) is 10.9. The number of aromatic nitrogens is 2. The summed E-state index contributed by atoms with van der Waals surface area (Å²) >= 11 is 3.64. The smallest absolute Gasteiger partial charge is 0.131 e. The van der Waals surface area contributed by atoms with Crippen molar-refractivity contribution in [3.8, 4) is 17.0 Å². The lowest BCUT2D eigenvalue weighted by Gasteiger charge is -2.11. The lowest BCUT2D eigenvalue weighted by Crippen LogP contribution is -2.10. The Hall–Kier alpha value is -1.33. The van der Waals surface area contributed by atoms with Gasteiger partial charge in [0.05, 0.1) is 13.7 Å². The van der Waals surface area contributed by atoms with Crippen LogP contribution in [0.2, 0.25) is 0 Å². The molecule has 2 aromatic rings. The molecule has 0 radical (unpaired) electrons. The van der Waals surface area contributed by atoms with Crippen LogP contribution in [-0.4, -0.2) is 23.7 Å². The number of hydrogen-bond acceptors (Lipinski definition) is 3. The van der Waals surface area contributed by atoms with Crippen LogP contribution in [0.15, 0.2) is 16.7 Å². The van der Waals surface area contributed by atoms with Crippen molar-refractivity contribution in [3.05, 3.63) is 33.7 Å². The molecule has 0 fully saturated rings. The van der Waals surface area contributed by atoms with E-state index in [2.05, 4.69) is 47.2 Å². The fourth-order valence-corrected chi connectivity index (χ4v) is 2.92. The first-order chi connectivity index (χ1) is 9.49. The number of rotatable bonds is 4. The summed E-state index contributed by atoms with van der Waals surface area (Å²) in [6.45, 7) is 4.87. The summed E-state index contributed by atoms with van der Waals surface area (Å²) in [5.41, 5.74) is 4.26. The van der Waals surface area contributed by atoms with E-state index in [9.17, 15) is 0 Å². The maximum Gasteiger partial charge on any atom is 0.131 e. The van der Waals surface area contributed by atoms with Gasteiger partial charge in [0.1, 0.15) is 21.9 Å². The predicted molar refractivity (Wildman–Crippen MR) is 85.1 cm³/mol. The average molecular weight is 338 g/mol. The highest BCUT2D eigenvalue weighted by Gasteiger charge is 2.18. The molecule has 0 aliphatic rings. The zero-order valence-corrected chi connectivity index (χ0v) is 14.1. The van der Waals surface area contributed by atoms with Gasteiger partial charge in [-0.25, -0.2) is 4.98 Å². The summed E-state index contributed by atoms with van der Waals surface area (Å²) < 4.78 is 8.57. The van der Waals surface area contributed by atoms with E-state index < -0.39 is 0 Å². The monoisotopic (exact) mass is 337 g/mol. The minimum atomic E-state index is 0.724. The van der Waals surface area contributed by atoms with E-state index in [0.717, 1.165) is 39.5 Å². The standard InChI is InChI=1S/C15H20BrN3O/c1-9-6-10(2)14(20-5)11(7-9)13-15(16)19(4)12(18-13)8-17-3/h6-7,17H,8H2,1-5H3. The van der Waals surface area contributed by atoms with Crippen LogP contribution in [0.5, 0.6) is 5.75 Å². The number of nitrogens with zero attached hydrogens (tertiary/aromatic N) is 2. The van der Waals surface area contributed by atoms with Crippen molar-refractivity contribution in [2.24, 2.45) is 7.05 Å². The van der Waals surface area contributed by atoms with Gasteiger partial charge in [0.25, 0.3) is 0 Å². The van der Waals surface area contributed by atoms with E-state index in [1.807, 2.05) is 18.7 Å². The SMILES string of the molecule is CNCc1nc(-c2cc(C)cc(C)c2OC)c(Br)n1C. The minimum Gasteiger partial charge on any atom is -0.496 e. The van der Waals surface area contributed by atoms with Gasteiger partial charge in [-0.05, 0) is 54.0 Å². The number of methoxy groups -OCH3 is 1. The maximum absolute atomic E-state index is 5.56. The number of ether oxygens (including phenoxy) is 1. The highest BCUT2D eigenvalue weighted by atomic mass is 79.9. The Labute approximate surface area is 128 Å². The van der Waals surface area contributed by atoms with Gasteiger partial charge in [-0.15, -0.1) is 0 Å². The first-order valence-electron chi connectivity index (χ1n) is 6.50. The molecular formula is C15H20BrN3O. The van der Waals surface area contributed by atoms with Crippen molar-refractivity contribution in [1.29, 1.82) is 0 Å². The lowest BCUT2D eigenvalue weighted by atomic mass is 10.0. The van der Waals surface area contributed by atoms with Crippen molar-refractivity contribution in [2.75, 3.05) is 14.2 Å². The van der Waals surface area contributed by atoms with E-state index in [-0.39, 0.29) is 0 Å². The largest absolute Gasteiger partial charge is 0.496 e. The molecule has 5 heteroatoms. The fraction of sp³-hybridized carbons (Fsp3) is 0.400. The van der Waals surface area contributed by atoms with E-state index in [4.69, 9.17) is 9.72 Å². The highest BCUT2D eigenvalue weighted by molar-refractivity contribution is 9.10. The molecule has 1 N–H and O–H groups in total. The van der Waals surface area contributed by atoms with Crippen molar-refractivity contribution in [3.63, 3.8) is 0 Å². The summed E-state index contributed by atoms with van der Waals surface area (Å²) in [5.74, 6) is 1.86. The Balaban J connectivity index is 2.65. The number of hydrogen-bond donors (Lipinski definition) is 1. The summed E-state index contributed by atoms with van der Waals surface area (Å²) in [6, 6.07) is 4.23. The molecule has 0 saturated heterocycles. The third-order valence-corrected chi connectivity index (χ3v) is 4.24. The molecule has 0 aliphatic heterocycles. The predicted octanol–water partition coefficient (Wildman–Crippen LogP) is 3.19. The van der Waals surface area contributed by atoms with Gasteiger partial charge in [0.2, 0.25) is 0 Å². The van der Waals surface area contributed by atoms with Crippen molar-refractivity contribution in [1.82, 2.24) is 14.9 Å². The maximum atomic E-state index is 5.56. The van der Waals surface area contributed by atoms with Crippen LogP contribution in [0.4, 0.5) is 0 Å². The Bertz CT molecular complexity index is 635. The summed E-state index contributed by atoms with van der Waals surface area (Å²) in [5, 5.41) is 3.13. The quantitative estimate of drug-likeness (QED) is 0.931. The Morgan fingerprint density at radius 1 is 1.35 bits per heavy atom. The molecular weight excluding hydrogens is 318 g/mol. The molecule has 0 unspecified atom stereocenters. The molecule has 108 valence electrons. The van der Waals surface area contributed by atoms with E-state index in [0.29, 0.717) is 0 Å². The lowest BCUT2D eigenvalue weighted by molar-refractivity contribution is 0.413. The number of imidazole rings is 1. The van der Waals surface area contributed by atoms with Crippen LogP contribution >= 0.6 is 15.9 Å². The number of halogens is 1.